The van der Waals surface area contributed by atoms with Crippen LogP contribution in [-0.2, 0) is 34.7 Å². The maximum Gasteiger partial charge on any atom is 0.200 e. The van der Waals surface area contributed by atoms with Crippen molar-refractivity contribution in [1.29, 1.82) is 0 Å². The van der Waals surface area contributed by atoms with Crippen LogP contribution in [0.3, 0.4) is 0 Å². The van der Waals surface area contributed by atoms with E-state index in [0.717, 1.165) is 5.56 Å². The smallest absolute Gasteiger partial charge is 0.200 e. The average Bonchev–Trinajstić information content (AvgIpc) is 2.95. The molecular weight excluding hydrogens is 500 g/mol. The van der Waals surface area contributed by atoms with Crippen molar-refractivity contribution in [2.75, 3.05) is 20.5 Å². The molecule has 2 heterocycles. The van der Waals surface area contributed by atoms with Gasteiger partial charge in [-0.25, -0.2) is 0 Å². The zero-order valence-corrected chi connectivity index (χ0v) is 26.0. The van der Waals surface area contributed by atoms with Gasteiger partial charge in [0.1, 0.15) is 19.0 Å². The minimum atomic E-state index is -2.28. The van der Waals surface area contributed by atoms with E-state index < -0.39 is 20.7 Å². The Labute approximate surface area is 231 Å². The van der Waals surface area contributed by atoms with E-state index in [2.05, 4.69) is 67.5 Å². The quantitative estimate of drug-likeness (QED) is 0.197. The highest BCUT2D eigenvalue weighted by Gasteiger charge is 2.55. The Hall–Kier alpha value is -0.843. The maximum atomic E-state index is 10.6. The molecule has 0 aliphatic carbocycles. The Bertz CT molecular complexity index is 798. The van der Waals surface area contributed by atoms with Gasteiger partial charge >= 0.3 is 0 Å². The summed E-state index contributed by atoms with van der Waals surface area (Å²) in [6, 6.07) is 10.2. The molecule has 2 aliphatic heterocycles. The van der Waals surface area contributed by atoms with Crippen LogP contribution in [0.15, 0.2) is 30.3 Å². The summed E-state index contributed by atoms with van der Waals surface area (Å²) in [4.78, 5) is 0. The van der Waals surface area contributed by atoms with Crippen molar-refractivity contribution < 1.29 is 33.2 Å². The van der Waals surface area contributed by atoms with Crippen LogP contribution in [0.4, 0.5) is 0 Å². The standard InChI is InChI=1S/C30H52O7Si/c1-19(2)38(20(3)4,21(5)6)37-28-23(8)29(34-16-24-13-11-10-12-14-24)30-27(22(7)15-26(31)36-30)35-25(28)17-33-18-32-9/h10-14,19-23,25-31H,15-18H2,1-9H3/t22-,23+,25-,26?,27+,28+,29-,30+/m0/s1. The highest BCUT2D eigenvalue weighted by Crippen LogP contribution is 2.46. The van der Waals surface area contributed by atoms with E-state index >= 15 is 0 Å². The SMILES string of the molecule is COCOC[C@@H]1O[C@H]2[C@@H](OC(O)C[C@@H]2C)[C@@H](OCc2ccccc2)[C@H](C)[C@H]1O[Si](C(C)C)(C(C)C)C(C)C. The van der Waals surface area contributed by atoms with Crippen LogP contribution in [-0.4, -0.2) is 70.7 Å². The third-order valence-electron chi connectivity index (χ3n) is 8.65. The largest absolute Gasteiger partial charge is 0.410 e. The van der Waals surface area contributed by atoms with Crippen LogP contribution in [0.25, 0.3) is 0 Å². The predicted octanol–water partition coefficient (Wildman–Crippen LogP) is 5.90. The molecule has 0 spiro atoms. The Kier molecular flexibility index (Phi) is 11.8. The lowest BCUT2D eigenvalue weighted by Crippen LogP contribution is -2.56. The summed E-state index contributed by atoms with van der Waals surface area (Å²) >= 11 is 0. The first-order chi connectivity index (χ1) is 18.0. The summed E-state index contributed by atoms with van der Waals surface area (Å²) < 4.78 is 38.3. The van der Waals surface area contributed by atoms with Crippen molar-refractivity contribution in [2.45, 2.75) is 122 Å². The molecule has 2 aliphatic rings. The molecule has 1 aromatic rings. The summed E-state index contributed by atoms with van der Waals surface area (Å²) in [7, 11) is -0.651. The molecule has 1 N–H and O–H groups in total. The van der Waals surface area contributed by atoms with Gasteiger partial charge in [-0.15, -0.1) is 0 Å². The van der Waals surface area contributed by atoms with Gasteiger partial charge in [0.15, 0.2) is 6.29 Å². The van der Waals surface area contributed by atoms with Crippen molar-refractivity contribution >= 4 is 8.32 Å². The highest BCUT2D eigenvalue weighted by atomic mass is 28.4. The van der Waals surface area contributed by atoms with Gasteiger partial charge in [-0.05, 0) is 28.1 Å². The number of aliphatic hydroxyl groups is 1. The average molecular weight is 553 g/mol. The fourth-order valence-electron chi connectivity index (χ4n) is 6.89. The van der Waals surface area contributed by atoms with Crippen LogP contribution in [0.2, 0.25) is 16.6 Å². The minimum absolute atomic E-state index is 0.0644. The van der Waals surface area contributed by atoms with E-state index in [1.54, 1.807) is 7.11 Å². The molecule has 3 rings (SSSR count). The molecule has 7 nitrogen and oxygen atoms in total. The van der Waals surface area contributed by atoms with Gasteiger partial charge in [0.05, 0.1) is 31.5 Å². The number of aliphatic hydroxyl groups excluding tert-OH is 1. The number of hydrogen-bond donors (Lipinski definition) is 1. The first kappa shape index (κ1) is 31.7. The van der Waals surface area contributed by atoms with Gasteiger partial charge in [0, 0.05) is 19.4 Å². The molecular formula is C30H52O7Si. The van der Waals surface area contributed by atoms with Crippen LogP contribution >= 0.6 is 0 Å². The van der Waals surface area contributed by atoms with Gasteiger partial charge in [-0.3, -0.25) is 0 Å². The molecule has 1 unspecified atom stereocenters. The fourth-order valence-corrected chi connectivity index (χ4v) is 12.5. The van der Waals surface area contributed by atoms with Gasteiger partial charge in [-0.2, -0.15) is 0 Å². The summed E-state index contributed by atoms with van der Waals surface area (Å²) in [5, 5.41) is 10.6. The number of ether oxygens (including phenoxy) is 5. The normalized spacial score (nSPS) is 32.6. The lowest BCUT2D eigenvalue weighted by Gasteiger charge is -2.47. The molecule has 8 heteroatoms. The minimum Gasteiger partial charge on any atom is -0.410 e. The van der Waals surface area contributed by atoms with Gasteiger partial charge in [-0.1, -0.05) is 85.7 Å². The molecule has 218 valence electrons. The first-order valence-electron chi connectivity index (χ1n) is 14.4. The number of rotatable bonds is 12. The fraction of sp³-hybridized carbons (Fsp3) is 0.800. The molecule has 0 aromatic heterocycles. The van der Waals surface area contributed by atoms with Crippen LogP contribution in [0, 0.1) is 11.8 Å². The van der Waals surface area contributed by atoms with Gasteiger partial charge < -0.3 is 33.2 Å². The van der Waals surface area contributed by atoms with Crippen molar-refractivity contribution in [3.63, 3.8) is 0 Å². The Balaban J connectivity index is 2.04. The molecule has 0 saturated carbocycles. The third kappa shape index (κ3) is 7.07. The van der Waals surface area contributed by atoms with Crippen molar-refractivity contribution in [3.8, 4) is 0 Å². The topological polar surface area (TPSA) is 75.6 Å². The zero-order chi connectivity index (χ0) is 28.0. The summed E-state index contributed by atoms with van der Waals surface area (Å²) in [6.07, 6.45) is -1.90. The maximum absolute atomic E-state index is 10.6. The molecule has 8 atom stereocenters. The predicted molar refractivity (Wildman–Crippen MR) is 151 cm³/mol. The van der Waals surface area contributed by atoms with E-state index in [9.17, 15) is 5.11 Å². The van der Waals surface area contributed by atoms with E-state index in [0.29, 0.717) is 36.3 Å². The Morgan fingerprint density at radius 1 is 0.921 bits per heavy atom. The lowest BCUT2D eigenvalue weighted by atomic mass is 9.85. The zero-order valence-electron chi connectivity index (χ0n) is 25.0. The van der Waals surface area contributed by atoms with Crippen molar-refractivity contribution in [1.82, 2.24) is 0 Å². The van der Waals surface area contributed by atoms with Crippen molar-refractivity contribution in [3.05, 3.63) is 35.9 Å². The molecule has 0 amide bonds. The van der Waals surface area contributed by atoms with E-state index in [1.165, 1.54) is 0 Å². The van der Waals surface area contributed by atoms with E-state index in [4.69, 9.17) is 28.1 Å². The molecule has 1 aromatic carbocycles. The van der Waals surface area contributed by atoms with Crippen LogP contribution in [0.1, 0.15) is 67.4 Å². The lowest BCUT2D eigenvalue weighted by molar-refractivity contribution is -0.260. The summed E-state index contributed by atoms with van der Waals surface area (Å²) in [5.41, 5.74) is 2.35. The van der Waals surface area contributed by atoms with Crippen LogP contribution in [0.5, 0.6) is 0 Å². The molecule has 2 fully saturated rings. The highest BCUT2D eigenvalue weighted by molar-refractivity contribution is 6.77. The van der Waals surface area contributed by atoms with Crippen LogP contribution < -0.4 is 0 Å². The Morgan fingerprint density at radius 3 is 2.13 bits per heavy atom. The monoisotopic (exact) mass is 552 g/mol. The van der Waals surface area contributed by atoms with Gasteiger partial charge in [0.25, 0.3) is 0 Å². The number of methoxy groups -OCH3 is 1. The number of hydrogen-bond acceptors (Lipinski definition) is 7. The van der Waals surface area contributed by atoms with Crippen molar-refractivity contribution in [2.24, 2.45) is 11.8 Å². The second kappa shape index (κ2) is 14.2. The molecule has 0 bridgehead atoms. The summed E-state index contributed by atoms with van der Waals surface area (Å²) in [6.45, 7) is 19.1. The molecule has 0 radical (unpaired) electrons. The second-order valence-corrected chi connectivity index (χ2v) is 17.6. The number of fused-ring (bicyclic) bond motifs is 1. The van der Waals surface area contributed by atoms with E-state index in [-0.39, 0.29) is 43.0 Å². The van der Waals surface area contributed by atoms with Gasteiger partial charge in [0.2, 0.25) is 8.32 Å². The third-order valence-corrected chi connectivity index (χ3v) is 14.7. The number of benzene rings is 1. The summed E-state index contributed by atoms with van der Waals surface area (Å²) in [5.74, 6) is 0.0234. The second-order valence-electron chi connectivity index (χ2n) is 12.2. The first-order valence-corrected chi connectivity index (χ1v) is 16.6. The molecule has 38 heavy (non-hydrogen) atoms. The molecule has 2 saturated heterocycles. The Morgan fingerprint density at radius 2 is 1.55 bits per heavy atom. The van der Waals surface area contributed by atoms with E-state index in [1.807, 2.05) is 18.2 Å².